The highest BCUT2D eigenvalue weighted by Gasteiger charge is 2.36. The summed E-state index contributed by atoms with van der Waals surface area (Å²) in [6.07, 6.45) is 3.60. The van der Waals surface area contributed by atoms with Gasteiger partial charge in [-0.1, -0.05) is 6.92 Å². The van der Waals surface area contributed by atoms with Crippen LogP contribution >= 0.6 is 0 Å². The van der Waals surface area contributed by atoms with Crippen molar-refractivity contribution >= 4 is 28.2 Å². The fourth-order valence-corrected chi connectivity index (χ4v) is 4.74. The number of carbonyl (C=O) groups is 1. The number of pyridine rings is 2. The number of amides is 1. The van der Waals surface area contributed by atoms with Crippen molar-refractivity contribution in [1.29, 1.82) is 0 Å². The lowest BCUT2D eigenvalue weighted by atomic mass is 9.92. The van der Waals surface area contributed by atoms with Crippen molar-refractivity contribution in [1.82, 2.24) is 14.5 Å². The lowest BCUT2D eigenvalue weighted by Crippen LogP contribution is -2.42. The number of hydrogen-bond donors (Lipinski definition) is 0. The van der Waals surface area contributed by atoms with Gasteiger partial charge < -0.3 is 14.4 Å². The molecule has 4 heterocycles. The van der Waals surface area contributed by atoms with Crippen molar-refractivity contribution in [3.63, 3.8) is 0 Å². The lowest BCUT2D eigenvalue weighted by molar-refractivity contribution is -0.0494. The highest BCUT2D eigenvalue weighted by molar-refractivity contribution is 5.95. The molecule has 33 heavy (non-hydrogen) atoms. The number of likely N-dealkylation sites (tertiary alicyclic amines) is 1. The number of anilines is 2. The van der Waals surface area contributed by atoms with Crippen LogP contribution in [0.1, 0.15) is 48.0 Å². The molecule has 0 spiro atoms. The van der Waals surface area contributed by atoms with Gasteiger partial charge in [0.2, 0.25) is 0 Å². The molecule has 172 valence electrons. The number of fused-ring (bicyclic) bond motifs is 2. The number of carbonyl (C=O) groups excluding carboxylic acids is 1. The quantitative estimate of drug-likeness (QED) is 0.577. The summed E-state index contributed by atoms with van der Waals surface area (Å²) in [6, 6.07) is 9.55. The number of aryl methyl sites for hydroxylation is 1. The minimum absolute atomic E-state index is 0.0385. The van der Waals surface area contributed by atoms with Crippen LogP contribution in [-0.2, 0) is 7.05 Å². The molecule has 2 aliphatic heterocycles. The van der Waals surface area contributed by atoms with Crippen molar-refractivity contribution in [3.8, 4) is 0 Å². The highest BCUT2D eigenvalue weighted by Crippen LogP contribution is 2.39. The Balaban J connectivity index is 1.47. The smallest absolute Gasteiger partial charge is 0.258 e. The minimum atomic E-state index is -2.69. The van der Waals surface area contributed by atoms with E-state index in [4.69, 9.17) is 0 Å². The van der Waals surface area contributed by atoms with Crippen LogP contribution in [0.5, 0.6) is 0 Å². The summed E-state index contributed by atoms with van der Waals surface area (Å²) in [5.41, 5.74) is 2.31. The van der Waals surface area contributed by atoms with E-state index in [0.717, 1.165) is 35.4 Å². The molecule has 0 bridgehead atoms. The predicted octanol–water partition coefficient (Wildman–Crippen LogP) is 4.45. The zero-order chi connectivity index (χ0) is 23.3. The van der Waals surface area contributed by atoms with Gasteiger partial charge in [0.1, 0.15) is 5.82 Å². The third kappa shape index (κ3) is 3.87. The molecule has 1 fully saturated rings. The zero-order valence-corrected chi connectivity index (χ0v) is 18.7. The Kier molecular flexibility index (Phi) is 5.18. The molecule has 1 atom stereocenters. The van der Waals surface area contributed by atoms with Gasteiger partial charge in [0.25, 0.3) is 17.4 Å². The Bertz CT molecular complexity index is 1290. The first-order valence-corrected chi connectivity index (χ1v) is 11.3. The lowest BCUT2D eigenvalue weighted by Gasteiger charge is -2.34. The van der Waals surface area contributed by atoms with Gasteiger partial charge in [-0.25, -0.2) is 13.8 Å². The second-order valence-corrected chi connectivity index (χ2v) is 9.13. The number of rotatable bonds is 2. The van der Waals surface area contributed by atoms with E-state index in [0.29, 0.717) is 10.9 Å². The summed E-state index contributed by atoms with van der Waals surface area (Å²) in [4.78, 5) is 33.6. The molecule has 5 rings (SSSR count). The second-order valence-electron chi connectivity index (χ2n) is 9.13. The first-order chi connectivity index (χ1) is 15.7. The normalized spacial score (nSPS) is 20.1. The van der Waals surface area contributed by atoms with E-state index in [1.54, 1.807) is 24.0 Å². The largest absolute Gasteiger partial charge is 0.338 e. The van der Waals surface area contributed by atoms with Crippen LogP contribution in [0.3, 0.4) is 0 Å². The Morgan fingerprint density at radius 3 is 2.64 bits per heavy atom. The molecule has 0 saturated carbocycles. The Morgan fingerprint density at radius 2 is 1.88 bits per heavy atom. The molecule has 6 nitrogen and oxygen atoms in total. The van der Waals surface area contributed by atoms with Gasteiger partial charge in [0.05, 0.1) is 5.56 Å². The Hall–Kier alpha value is -3.29. The molecule has 1 aromatic carbocycles. The monoisotopic (exact) mass is 452 g/mol. The summed E-state index contributed by atoms with van der Waals surface area (Å²) in [6.45, 7) is 2.99. The molecular weight excluding hydrogens is 426 g/mol. The first kappa shape index (κ1) is 21.6. The van der Waals surface area contributed by atoms with E-state index in [9.17, 15) is 18.4 Å². The topological polar surface area (TPSA) is 58.4 Å². The van der Waals surface area contributed by atoms with E-state index in [1.807, 2.05) is 30.3 Å². The van der Waals surface area contributed by atoms with Gasteiger partial charge in [-0.3, -0.25) is 9.59 Å². The highest BCUT2D eigenvalue weighted by atomic mass is 19.3. The molecule has 8 heteroatoms. The third-order valence-electron chi connectivity index (χ3n) is 6.87. The number of piperidine rings is 1. The molecule has 0 radical (unpaired) electrons. The summed E-state index contributed by atoms with van der Waals surface area (Å²) in [5, 5.41) is 1.53. The van der Waals surface area contributed by atoms with Gasteiger partial charge in [-0.15, -0.1) is 0 Å². The van der Waals surface area contributed by atoms with Crippen molar-refractivity contribution in [3.05, 3.63) is 64.2 Å². The molecule has 2 aliphatic rings. The van der Waals surface area contributed by atoms with Crippen LogP contribution in [0.15, 0.2) is 47.5 Å². The van der Waals surface area contributed by atoms with Gasteiger partial charge in [-0.2, -0.15) is 0 Å². The molecule has 2 aromatic heterocycles. The molecule has 0 aliphatic carbocycles. The van der Waals surface area contributed by atoms with Crippen molar-refractivity contribution in [2.75, 3.05) is 24.5 Å². The van der Waals surface area contributed by atoms with E-state index in [2.05, 4.69) is 16.8 Å². The van der Waals surface area contributed by atoms with E-state index in [1.165, 1.54) is 4.90 Å². The number of nitrogens with zero attached hydrogens (tertiary/aromatic N) is 4. The van der Waals surface area contributed by atoms with Gasteiger partial charge in [0.15, 0.2) is 0 Å². The predicted molar refractivity (Wildman–Crippen MR) is 124 cm³/mol. The second kappa shape index (κ2) is 7.93. The fraction of sp³-hybridized carbons (Fsp3) is 0.400. The van der Waals surface area contributed by atoms with Crippen LogP contribution in [0.4, 0.5) is 20.3 Å². The van der Waals surface area contributed by atoms with E-state index in [-0.39, 0.29) is 43.3 Å². The molecular formula is C25H26F2N4O2. The maximum Gasteiger partial charge on any atom is 0.258 e. The fourth-order valence-electron chi connectivity index (χ4n) is 4.74. The maximum absolute atomic E-state index is 13.5. The number of hydrogen-bond acceptors (Lipinski definition) is 4. The molecule has 1 amide bonds. The van der Waals surface area contributed by atoms with Crippen LogP contribution in [0.2, 0.25) is 0 Å². The standard InChI is InChI=1S/C25H26F2N4O2/c1-16-5-10-31(19-3-4-20-17(13-19)6-9-29(2)24(20)33)22-21(16)14-18(15-28-22)23(32)30-11-7-25(26,27)8-12-30/h3-4,6,9,13-16H,5,7-8,10-12H2,1-2H3/t16-/m0/s1. The average Bonchev–Trinajstić information content (AvgIpc) is 2.81. The summed E-state index contributed by atoms with van der Waals surface area (Å²) < 4.78 is 28.5. The van der Waals surface area contributed by atoms with E-state index >= 15 is 0 Å². The van der Waals surface area contributed by atoms with Crippen LogP contribution in [0, 0.1) is 0 Å². The first-order valence-electron chi connectivity index (χ1n) is 11.3. The number of benzene rings is 1. The summed E-state index contributed by atoms with van der Waals surface area (Å²) in [7, 11) is 1.73. The van der Waals surface area contributed by atoms with Gasteiger partial charge >= 0.3 is 0 Å². The van der Waals surface area contributed by atoms with Crippen LogP contribution in [-0.4, -0.2) is 45.9 Å². The van der Waals surface area contributed by atoms with Crippen LogP contribution in [0.25, 0.3) is 10.8 Å². The van der Waals surface area contributed by atoms with Crippen molar-refractivity contribution < 1.29 is 13.6 Å². The van der Waals surface area contributed by atoms with Crippen LogP contribution < -0.4 is 10.5 Å². The van der Waals surface area contributed by atoms with E-state index < -0.39 is 5.92 Å². The maximum atomic E-state index is 13.5. The Labute approximate surface area is 190 Å². The molecule has 0 unspecified atom stereocenters. The van der Waals surface area contributed by atoms with Gasteiger partial charge in [0, 0.05) is 63.0 Å². The van der Waals surface area contributed by atoms with Gasteiger partial charge in [-0.05, 0) is 53.6 Å². The number of alkyl halides is 2. The summed E-state index contributed by atoms with van der Waals surface area (Å²) >= 11 is 0. The van der Waals surface area contributed by atoms with Crippen molar-refractivity contribution in [2.45, 2.75) is 38.0 Å². The molecule has 1 saturated heterocycles. The molecule has 3 aromatic rings. The summed E-state index contributed by atoms with van der Waals surface area (Å²) in [5.74, 6) is -1.93. The number of halogens is 2. The average molecular weight is 453 g/mol. The third-order valence-corrected chi connectivity index (χ3v) is 6.87. The zero-order valence-electron chi connectivity index (χ0n) is 18.7. The SMILES string of the molecule is C[C@H]1CCN(c2ccc3c(=O)n(C)ccc3c2)c2ncc(C(=O)N3CCC(F)(F)CC3)cc21. The number of aromatic nitrogens is 2. The Morgan fingerprint density at radius 1 is 1.12 bits per heavy atom. The molecule has 0 N–H and O–H groups in total. The minimum Gasteiger partial charge on any atom is -0.338 e. The van der Waals surface area contributed by atoms with Crippen molar-refractivity contribution in [2.24, 2.45) is 7.05 Å².